The van der Waals surface area contributed by atoms with Crippen molar-refractivity contribution >= 4 is 45.7 Å². The summed E-state index contributed by atoms with van der Waals surface area (Å²) in [6.07, 6.45) is 0. The lowest BCUT2D eigenvalue weighted by Gasteiger charge is -2.27. The van der Waals surface area contributed by atoms with Crippen LogP contribution in [0.15, 0.2) is 94.7 Å². The number of carbonyl (C=O) groups excluding carboxylic acids is 2. The maximum atomic E-state index is 13.1. The molecule has 4 aromatic carbocycles. The summed E-state index contributed by atoms with van der Waals surface area (Å²) < 4.78 is 0. The number of imide groups is 1. The summed E-state index contributed by atoms with van der Waals surface area (Å²) in [6, 6.07) is 26.2. The van der Waals surface area contributed by atoms with E-state index in [1.165, 1.54) is 4.90 Å². The Kier molecular flexibility index (Phi) is 4.11. The van der Waals surface area contributed by atoms with E-state index in [1.54, 1.807) is 23.9 Å². The monoisotopic (exact) mass is 396 g/mol. The Hall–Kier alpha value is -3.57. The molecule has 0 saturated carbocycles. The molecule has 0 bridgehead atoms. The zero-order valence-electron chi connectivity index (χ0n) is 15.3. The van der Waals surface area contributed by atoms with Crippen LogP contribution < -0.4 is 10.6 Å². The van der Waals surface area contributed by atoms with Crippen molar-refractivity contribution in [2.45, 2.75) is 9.79 Å². The van der Waals surface area contributed by atoms with Gasteiger partial charge in [0.1, 0.15) is 0 Å². The number of benzene rings is 4. The minimum Gasteiger partial charge on any atom is -0.399 e. The number of amides is 2. The van der Waals surface area contributed by atoms with Crippen LogP contribution in [0.3, 0.4) is 0 Å². The number of carbonyl (C=O) groups is 2. The van der Waals surface area contributed by atoms with E-state index < -0.39 is 0 Å². The molecule has 5 heteroatoms. The van der Waals surface area contributed by atoms with Gasteiger partial charge in [0.2, 0.25) is 0 Å². The van der Waals surface area contributed by atoms with Gasteiger partial charge in [-0.1, -0.05) is 36.0 Å². The molecule has 0 atom stereocenters. The lowest BCUT2D eigenvalue weighted by molar-refractivity contribution is 0.0893. The fraction of sp³-hybridized carbons (Fsp3) is 0. The molecule has 140 valence electrons. The summed E-state index contributed by atoms with van der Waals surface area (Å²) in [5, 5.41) is 1.63. The first kappa shape index (κ1) is 17.5. The van der Waals surface area contributed by atoms with E-state index in [0.29, 0.717) is 16.8 Å². The van der Waals surface area contributed by atoms with Crippen LogP contribution in [0.1, 0.15) is 20.7 Å². The highest BCUT2D eigenvalue weighted by Crippen LogP contribution is 2.34. The van der Waals surface area contributed by atoms with Crippen LogP contribution in [-0.2, 0) is 0 Å². The van der Waals surface area contributed by atoms with Crippen molar-refractivity contribution in [3.05, 3.63) is 96.1 Å². The highest BCUT2D eigenvalue weighted by atomic mass is 32.2. The van der Waals surface area contributed by atoms with Gasteiger partial charge >= 0.3 is 0 Å². The van der Waals surface area contributed by atoms with Gasteiger partial charge in [-0.2, -0.15) is 0 Å². The molecule has 0 unspecified atom stereocenters. The van der Waals surface area contributed by atoms with Gasteiger partial charge in [-0.05, 0) is 66.0 Å². The van der Waals surface area contributed by atoms with Crippen molar-refractivity contribution < 1.29 is 9.59 Å². The largest absolute Gasteiger partial charge is 0.399 e. The predicted molar refractivity (Wildman–Crippen MR) is 117 cm³/mol. The highest BCUT2D eigenvalue weighted by Gasteiger charge is 2.33. The van der Waals surface area contributed by atoms with E-state index in [1.807, 2.05) is 72.8 Å². The van der Waals surface area contributed by atoms with Crippen LogP contribution in [0, 0.1) is 0 Å². The third kappa shape index (κ3) is 2.96. The highest BCUT2D eigenvalue weighted by molar-refractivity contribution is 7.99. The fourth-order valence-corrected chi connectivity index (χ4v) is 4.42. The number of nitrogen functional groups attached to an aromatic ring is 1. The molecule has 2 amide bonds. The molecular weight excluding hydrogens is 380 g/mol. The second-order valence-corrected chi connectivity index (χ2v) is 7.97. The van der Waals surface area contributed by atoms with Gasteiger partial charge in [-0.3, -0.25) is 9.59 Å². The minimum atomic E-state index is -0.293. The van der Waals surface area contributed by atoms with Gasteiger partial charge in [0.25, 0.3) is 11.8 Å². The molecule has 0 aliphatic carbocycles. The summed E-state index contributed by atoms with van der Waals surface area (Å²) in [5.41, 5.74) is 8.13. The number of hydrogen-bond acceptors (Lipinski definition) is 4. The van der Waals surface area contributed by atoms with Crippen molar-refractivity contribution in [1.29, 1.82) is 0 Å². The molecule has 5 rings (SSSR count). The lowest BCUT2D eigenvalue weighted by atomic mass is 9.94. The first-order chi connectivity index (χ1) is 14.1. The first-order valence-electron chi connectivity index (χ1n) is 9.16. The fourth-order valence-electron chi connectivity index (χ4n) is 3.60. The Morgan fingerprint density at radius 2 is 1.17 bits per heavy atom. The number of rotatable bonds is 3. The molecule has 0 saturated heterocycles. The normalized spacial score (nSPS) is 13.2. The van der Waals surface area contributed by atoms with Crippen molar-refractivity contribution in [3.63, 3.8) is 0 Å². The van der Waals surface area contributed by atoms with E-state index >= 15 is 0 Å². The van der Waals surface area contributed by atoms with Gasteiger partial charge < -0.3 is 5.73 Å². The van der Waals surface area contributed by atoms with Crippen LogP contribution in [-0.4, -0.2) is 11.8 Å². The quantitative estimate of drug-likeness (QED) is 0.373. The lowest BCUT2D eigenvalue weighted by Crippen LogP contribution is -2.40. The van der Waals surface area contributed by atoms with Crippen molar-refractivity contribution in [1.82, 2.24) is 0 Å². The molecule has 0 spiro atoms. The summed E-state index contributed by atoms with van der Waals surface area (Å²) in [4.78, 5) is 29.6. The van der Waals surface area contributed by atoms with Crippen LogP contribution in [0.5, 0.6) is 0 Å². The smallest absolute Gasteiger partial charge is 0.265 e. The molecule has 2 N–H and O–H groups in total. The molecule has 1 heterocycles. The molecule has 0 fully saturated rings. The summed E-state index contributed by atoms with van der Waals surface area (Å²) in [5.74, 6) is -0.587. The van der Waals surface area contributed by atoms with E-state index in [0.717, 1.165) is 26.3 Å². The van der Waals surface area contributed by atoms with Gasteiger partial charge in [0.05, 0.1) is 5.69 Å². The number of anilines is 2. The Morgan fingerprint density at radius 1 is 0.655 bits per heavy atom. The van der Waals surface area contributed by atoms with Crippen LogP contribution in [0.4, 0.5) is 11.4 Å². The topological polar surface area (TPSA) is 63.4 Å². The second-order valence-electron chi connectivity index (χ2n) is 6.82. The van der Waals surface area contributed by atoms with Crippen LogP contribution in [0.2, 0.25) is 0 Å². The number of hydrogen-bond donors (Lipinski definition) is 1. The van der Waals surface area contributed by atoms with Gasteiger partial charge in [-0.25, -0.2) is 4.90 Å². The summed E-state index contributed by atoms with van der Waals surface area (Å²) in [6.45, 7) is 0. The van der Waals surface area contributed by atoms with E-state index in [-0.39, 0.29) is 11.8 Å². The standard InChI is InChI=1S/C24H16N2O2S/c25-16-7-11-18(12-8-16)29-19-13-9-17(10-14-19)26-23(27)20-5-1-3-15-4-2-6-21(22(15)20)24(26)28/h1-14H,25H2. The number of nitrogens with zero attached hydrogens (tertiary/aromatic N) is 1. The van der Waals surface area contributed by atoms with Crippen LogP contribution in [0.25, 0.3) is 10.8 Å². The van der Waals surface area contributed by atoms with Crippen molar-refractivity contribution in [2.75, 3.05) is 10.6 Å². The maximum absolute atomic E-state index is 13.1. The minimum absolute atomic E-state index is 0.293. The third-order valence-corrected chi connectivity index (χ3v) is 6.00. The van der Waals surface area contributed by atoms with E-state index in [2.05, 4.69) is 0 Å². The summed E-state index contributed by atoms with van der Waals surface area (Å²) in [7, 11) is 0. The van der Waals surface area contributed by atoms with E-state index in [4.69, 9.17) is 5.73 Å². The summed E-state index contributed by atoms with van der Waals surface area (Å²) >= 11 is 1.59. The Balaban J connectivity index is 1.49. The van der Waals surface area contributed by atoms with Crippen molar-refractivity contribution in [2.24, 2.45) is 0 Å². The second kappa shape index (κ2) is 6.79. The predicted octanol–water partition coefficient (Wildman–Crippen LogP) is 5.37. The molecule has 4 aromatic rings. The Morgan fingerprint density at radius 3 is 1.72 bits per heavy atom. The number of nitrogens with two attached hydrogens (primary N) is 1. The van der Waals surface area contributed by atoms with Crippen LogP contribution >= 0.6 is 11.8 Å². The molecule has 1 aliphatic rings. The molecular formula is C24H16N2O2S. The Labute approximate surface area is 171 Å². The SMILES string of the molecule is Nc1ccc(Sc2ccc(N3C(=O)c4cccc5cccc(c45)C3=O)cc2)cc1. The molecule has 29 heavy (non-hydrogen) atoms. The van der Waals surface area contributed by atoms with Crippen molar-refractivity contribution in [3.8, 4) is 0 Å². The molecule has 0 aromatic heterocycles. The molecule has 4 nitrogen and oxygen atoms in total. The Bertz CT molecular complexity index is 1210. The maximum Gasteiger partial charge on any atom is 0.265 e. The average molecular weight is 396 g/mol. The van der Waals surface area contributed by atoms with Gasteiger partial charge in [0.15, 0.2) is 0 Å². The zero-order valence-corrected chi connectivity index (χ0v) is 16.1. The first-order valence-corrected chi connectivity index (χ1v) is 9.97. The zero-order chi connectivity index (χ0) is 20.0. The van der Waals surface area contributed by atoms with E-state index in [9.17, 15) is 9.59 Å². The average Bonchev–Trinajstić information content (AvgIpc) is 2.75. The molecule has 0 radical (unpaired) electrons. The van der Waals surface area contributed by atoms with Gasteiger partial charge in [0, 0.05) is 32.0 Å². The van der Waals surface area contributed by atoms with Gasteiger partial charge in [-0.15, -0.1) is 0 Å². The molecule has 1 aliphatic heterocycles. The third-order valence-electron chi connectivity index (χ3n) is 4.98.